The fraction of sp³-hybridized carbons (Fsp3) is 0.462. The highest BCUT2D eigenvalue weighted by Gasteiger charge is 2.36. The highest BCUT2D eigenvalue weighted by Crippen LogP contribution is 2.21. The van der Waals surface area contributed by atoms with Gasteiger partial charge in [-0.2, -0.15) is 0 Å². The van der Waals surface area contributed by atoms with E-state index in [1.807, 2.05) is 49.9 Å². The van der Waals surface area contributed by atoms with E-state index in [2.05, 4.69) is 15.6 Å². The summed E-state index contributed by atoms with van der Waals surface area (Å²) in [4.78, 5) is 46.1. The van der Waals surface area contributed by atoms with Crippen LogP contribution in [-0.4, -0.2) is 57.2 Å². The van der Waals surface area contributed by atoms with Crippen molar-refractivity contribution in [2.75, 3.05) is 13.1 Å². The first kappa shape index (κ1) is 24.7. The molecule has 2 N–H and O–H groups in total. The van der Waals surface area contributed by atoms with E-state index in [0.717, 1.165) is 18.4 Å². The number of carbonyl (C=O) groups is 3. The Hall–Kier alpha value is -3.46. The lowest BCUT2D eigenvalue weighted by atomic mass is 9.99. The number of para-hydroxylation sites is 1. The van der Waals surface area contributed by atoms with Crippen molar-refractivity contribution >= 4 is 28.6 Å². The summed E-state index contributed by atoms with van der Waals surface area (Å²) in [6.45, 7) is 5.13. The molecule has 1 aliphatic rings. The summed E-state index contributed by atoms with van der Waals surface area (Å²) in [5, 5.41) is 6.84. The van der Waals surface area contributed by atoms with Crippen LogP contribution in [0.5, 0.6) is 0 Å². The number of imidazole rings is 1. The minimum atomic E-state index is -0.806. The molecule has 9 nitrogen and oxygen atoms in total. The van der Waals surface area contributed by atoms with Gasteiger partial charge in [-0.05, 0) is 43.9 Å². The molecule has 186 valence electrons. The zero-order valence-electron chi connectivity index (χ0n) is 20.5. The van der Waals surface area contributed by atoms with Crippen LogP contribution in [0.1, 0.15) is 49.5 Å². The van der Waals surface area contributed by atoms with E-state index in [1.165, 1.54) is 0 Å². The zero-order chi connectivity index (χ0) is 24.9. The predicted molar refractivity (Wildman–Crippen MR) is 132 cm³/mol. The third-order valence-corrected chi connectivity index (χ3v) is 6.35. The van der Waals surface area contributed by atoms with E-state index in [4.69, 9.17) is 4.42 Å². The normalized spacial score (nSPS) is 17.4. The van der Waals surface area contributed by atoms with Crippen LogP contribution in [0.25, 0.3) is 11.0 Å². The van der Waals surface area contributed by atoms with Crippen LogP contribution in [0.3, 0.4) is 0 Å². The molecule has 0 spiro atoms. The van der Waals surface area contributed by atoms with Crippen LogP contribution in [0.15, 0.2) is 47.1 Å². The second-order valence-electron chi connectivity index (χ2n) is 9.53. The maximum atomic E-state index is 14.0. The number of fused-ring (bicyclic) bond motifs is 1. The summed E-state index contributed by atoms with van der Waals surface area (Å²) >= 11 is 0. The van der Waals surface area contributed by atoms with Gasteiger partial charge in [-0.15, -0.1) is 0 Å². The van der Waals surface area contributed by atoms with E-state index >= 15 is 0 Å². The smallest absolute Gasteiger partial charge is 0.287 e. The molecule has 3 aromatic rings. The monoisotopic (exact) mass is 479 g/mol. The molecule has 1 unspecified atom stereocenters. The number of nitrogens with zero attached hydrogens (tertiary/aromatic N) is 3. The maximum absolute atomic E-state index is 14.0. The first-order chi connectivity index (χ1) is 16.8. The zero-order valence-corrected chi connectivity index (χ0v) is 20.5. The van der Waals surface area contributed by atoms with Gasteiger partial charge < -0.3 is 24.5 Å². The van der Waals surface area contributed by atoms with Crippen LogP contribution < -0.4 is 10.6 Å². The Morgan fingerprint density at radius 2 is 2.11 bits per heavy atom. The molecule has 2 aromatic heterocycles. The van der Waals surface area contributed by atoms with E-state index in [1.54, 1.807) is 23.2 Å². The molecule has 1 fully saturated rings. The van der Waals surface area contributed by atoms with E-state index in [9.17, 15) is 14.4 Å². The molecule has 0 aliphatic carbocycles. The topological polar surface area (TPSA) is 109 Å². The Bertz CT molecular complexity index is 1160. The summed E-state index contributed by atoms with van der Waals surface area (Å²) in [6.07, 6.45) is 5.25. The van der Waals surface area contributed by atoms with Crippen LogP contribution in [-0.2, 0) is 23.2 Å². The number of nitrogens with one attached hydrogen (secondary N) is 2. The minimum absolute atomic E-state index is 0.0306. The second kappa shape index (κ2) is 10.9. The fourth-order valence-corrected chi connectivity index (χ4v) is 4.50. The molecule has 0 saturated carbocycles. The lowest BCUT2D eigenvalue weighted by Crippen LogP contribution is -2.54. The van der Waals surface area contributed by atoms with Gasteiger partial charge in [0.15, 0.2) is 11.5 Å². The lowest BCUT2D eigenvalue weighted by Gasteiger charge is -2.33. The van der Waals surface area contributed by atoms with Crippen molar-refractivity contribution in [2.45, 2.75) is 51.7 Å². The molecule has 4 rings (SSSR count). The van der Waals surface area contributed by atoms with Crippen LogP contribution >= 0.6 is 0 Å². The molecular weight excluding hydrogens is 446 g/mol. The number of aromatic nitrogens is 2. The summed E-state index contributed by atoms with van der Waals surface area (Å²) in [7, 11) is 1.86. The fourth-order valence-electron chi connectivity index (χ4n) is 4.50. The largest absolute Gasteiger partial charge is 0.451 e. The predicted octanol–water partition coefficient (Wildman–Crippen LogP) is 2.66. The van der Waals surface area contributed by atoms with Crippen molar-refractivity contribution in [3.8, 4) is 0 Å². The van der Waals surface area contributed by atoms with Gasteiger partial charge in [-0.3, -0.25) is 14.4 Å². The Labute approximate surface area is 204 Å². The van der Waals surface area contributed by atoms with Gasteiger partial charge in [0.1, 0.15) is 17.4 Å². The number of furan rings is 1. The van der Waals surface area contributed by atoms with Gasteiger partial charge in [0.25, 0.3) is 5.91 Å². The summed E-state index contributed by atoms with van der Waals surface area (Å²) in [6, 6.07) is 7.67. The summed E-state index contributed by atoms with van der Waals surface area (Å²) < 4.78 is 7.55. The van der Waals surface area contributed by atoms with Crippen molar-refractivity contribution < 1.29 is 18.8 Å². The second-order valence-corrected chi connectivity index (χ2v) is 9.53. The van der Waals surface area contributed by atoms with Crippen LogP contribution in [0, 0.1) is 5.92 Å². The Kier molecular flexibility index (Phi) is 7.65. The number of benzene rings is 1. The molecule has 0 bridgehead atoms. The van der Waals surface area contributed by atoms with Crippen LogP contribution in [0.4, 0.5) is 0 Å². The first-order valence-electron chi connectivity index (χ1n) is 12.1. The number of carbonyl (C=O) groups excluding carboxylic acids is 3. The lowest BCUT2D eigenvalue weighted by molar-refractivity contribution is -0.142. The van der Waals surface area contributed by atoms with Crippen molar-refractivity contribution in [3.05, 3.63) is 54.3 Å². The van der Waals surface area contributed by atoms with Gasteiger partial charge in [0.05, 0.1) is 19.1 Å². The number of hydrogen-bond acceptors (Lipinski definition) is 6. The van der Waals surface area contributed by atoms with Crippen LogP contribution in [0.2, 0.25) is 0 Å². The Morgan fingerprint density at radius 3 is 2.83 bits per heavy atom. The standard InChI is InChI=1S/C26H33N5O4/c1-17(2)13-19(29-25(33)23-14-18-7-4-5-9-22(18)35-23)26(34)31(16-24-28-11-12-30(24)3)20-8-6-10-27-15-21(20)32/h4-5,7,9,11-12,14,17,19-20,27H,6,8,10,13,15-16H2,1-3H3,(H,29,33)/t19-,20?/m0/s1. The summed E-state index contributed by atoms with van der Waals surface area (Å²) in [5.41, 5.74) is 0.609. The van der Waals surface area contributed by atoms with Crippen molar-refractivity contribution in [2.24, 2.45) is 13.0 Å². The molecular formula is C26H33N5O4. The number of Topliss-reactive ketones (excluding diaryl/α,β-unsaturated/α-hetero) is 1. The summed E-state index contributed by atoms with van der Waals surface area (Å²) in [5.74, 6) is 0.198. The molecule has 1 aromatic carbocycles. The number of amides is 2. The van der Waals surface area contributed by atoms with Gasteiger partial charge in [0, 0.05) is 24.8 Å². The van der Waals surface area contributed by atoms with Crippen molar-refractivity contribution in [1.82, 2.24) is 25.1 Å². The minimum Gasteiger partial charge on any atom is -0.451 e. The molecule has 1 saturated heterocycles. The number of aryl methyl sites for hydroxylation is 1. The average Bonchev–Trinajstić information content (AvgIpc) is 3.38. The van der Waals surface area contributed by atoms with Gasteiger partial charge in [-0.25, -0.2) is 4.98 Å². The molecule has 2 amide bonds. The number of ketones is 1. The molecule has 0 radical (unpaired) electrons. The average molecular weight is 480 g/mol. The van der Waals surface area contributed by atoms with Crippen molar-refractivity contribution in [3.63, 3.8) is 0 Å². The molecule has 9 heteroatoms. The highest BCUT2D eigenvalue weighted by atomic mass is 16.3. The maximum Gasteiger partial charge on any atom is 0.287 e. The van der Waals surface area contributed by atoms with E-state index in [-0.39, 0.29) is 36.5 Å². The SMILES string of the molecule is CC(C)C[C@H](NC(=O)c1cc2ccccc2o1)C(=O)N(Cc1nccn1C)C1CCCNCC1=O. The van der Waals surface area contributed by atoms with Crippen molar-refractivity contribution in [1.29, 1.82) is 0 Å². The highest BCUT2D eigenvalue weighted by molar-refractivity contribution is 5.99. The van der Waals surface area contributed by atoms with E-state index in [0.29, 0.717) is 24.2 Å². The van der Waals surface area contributed by atoms with E-state index < -0.39 is 18.0 Å². The quantitative estimate of drug-likeness (QED) is 0.514. The van der Waals surface area contributed by atoms with Gasteiger partial charge in [-0.1, -0.05) is 32.0 Å². The molecule has 2 atom stereocenters. The first-order valence-corrected chi connectivity index (χ1v) is 12.1. The molecule has 35 heavy (non-hydrogen) atoms. The Morgan fingerprint density at radius 1 is 1.31 bits per heavy atom. The van der Waals surface area contributed by atoms with Gasteiger partial charge in [0.2, 0.25) is 5.91 Å². The third-order valence-electron chi connectivity index (χ3n) is 6.35. The molecule has 3 heterocycles. The number of hydrogen-bond donors (Lipinski definition) is 2. The molecule has 1 aliphatic heterocycles. The number of rotatable bonds is 8. The van der Waals surface area contributed by atoms with Gasteiger partial charge >= 0.3 is 0 Å². The Balaban J connectivity index is 1.62. The third kappa shape index (κ3) is 5.79.